The van der Waals surface area contributed by atoms with Crippen molar-refractivity contribution in [2.24, 2.45) is 0 Å². The Morgan fingerprint density at radius 3 is 2.22 bits per heavy atom. The second-order valence-electron chi connectivity index (χ2n) is 4.62. The quantitative estimate of drug-likeness (QED) is 0.854. The van der Waals surface area contributed by atoms with Crippen LogP contribution in [0.1, 0.15) is 13.8 Å². The maximum absolute atomic E-state index is 12.3. The first-order valence-electron chi connectivity index (χ1n) is 5.90. The molecule has 0 heterocycles. The standard InChI is InChI=1S/C14H17NO2S/c1-11(2)15(3)18(16,17)14-9-8-12-6-4-5-7-13(12)10-14/h4-11H,1-3H3. The van der Waals surface area contributed by atoms with E-state index in [9.17, 15) is 8.42 Å². The zero-order chi connectivity index (χ0) is 13.3. The zero-order valence-electron chi connectivity index (χ0n) is 10.8. The number of benzene rings is 2. The van der Waals surface area contributed by atoms with E-state index in [2.05, 4.69) is 0 Å². The Morgan fingerprint density at radius 2 is 1.61 bits per heavy atom. The van der Waals surface area contributed by atoms with Crippen LogP contribution in [-0.2, 0) is 10.0 Å². The number of fused-ring (bicyclic) bond motifs is 1. The van der Waals surface area contributed by atoms with Crippen LogP contribution in [0, 0.1) is 0 Å². The Labute approximate surface area is 108 Å². The number of hydrogen-bond acceptors (Lipinski definition) is 2. The minimum Gasteiger partial charge on any atom is -0.207 e. The molecule has 0 radical (unpaired) electrons. The number of sulfonamides is 1. The van der Waals surface area contributed by atoms with Gasteiger partial charge in [0.15, 0.2) is 0 Å². The summed E-state index contributed by atoms with van der Waals surface area (Å²) in [5, 5.41) is 1.99. The summed E-state index contributed by atoms with van der Waals surface area (Å²) in [4.78, 5) is 0.345. The Balaban J connectivity index is 2.55. The minimum atomic E-state index is -3.40. The van der Waals surface area contributed by atoms with Gasteiger partial charge in [0.25, 0.3) is 0 Å². The largest absolute Gasteiger partial charge is 0.243 e. The number of nitrogens with zero attached hydrogens (tertiary/aromatic N) is 1. The molecule has 0 aliphatic rings. The molecule has 0 aliphatic carbocycles. The van der Waals surface area contributed by atoms with E-state index in [1.807, 2.05) is 44.2 Å². The van der Waals surface area contributed by atoms with Crippen molar-refractivity contribution >= 4 is 20.8 Å². The molecule has 0 N–H and O–H groups in total. The second-order valence-corrected chi connectivity index (χ2v) is 6.62. The highest BCUT2D eigenvalue weighted by molar-refractivity contribution is 7.89. The molecule has 0 saturated carbocycles. The molecule has 2 aromatic carbocycles. The smallest absolute Gasteiger partial charge is 0.207 e. The summed E-state index contributed by atoms with van der Waals surface area (Å²) in [5.74, 6) is 0. The van der Waals surface area contributed by atoms with E-state index in [4.69, 9.17) is 0 Å². The van der Waals surface area contributed by atoms with Gasteiger partial charge >= 0.3 is 0 Å². The molecular weight excluding hydrogens is 246 g/mol. The van der Waals surface area contributed by atoms with Gasteiger partial charge in [-0.3, -0.25) is 0 Å². The van der Waals surface area contributed by atoms with Crippen LogP contribution >= 0.6 is 0 Å². The molecule has 2 rings (SSSR count). The molecule has 18 heavy (non-hydrogen) atoms. The van der Waals surface area contributed by atoms with E-state index < -0.39 is 10.0 Å². The summed E-state index contributed by atoms with van der Waals surface area (Å²) in [5.41, 5.74) is 0. The third-order valence-electron chi connectivity index (χ3n) is 3.13. The Kier molecular flexibility index (Phi) is 3.41. The molecular formula is C14H17NO2S. The van der Waals surface area contributed by atoms with Crippen LogP contribution in [0.15, 0.2) is 47.4 Å². The topological polar surface area (TPSA) is 37.4 Å². The van der Waals surface area contributed by atoms with Gasteiger partial charge in [0.1, 0.15) is 0 Å². The van der Waals surface area contributed by atoms with E-state index in [0.717, 1.165) is 10.8 Å². The second kappa shape index (κ2) is 4.71. The molecule has 0 spiro atoms. The fourth-order valence-corrected chi connectivity index (χ4v) is 3.18. The van der Waals surface area contributed by atoms with Crippen molar-refractivity contribution in [2.45, 2.75) is 24.8 Å². The van der Waals surface area contributed by atoms with Crippen molar-refractivity contribution in [3.05, 3.63) is 42.5 Å². The van der Waals surface area contributed by atoms with Crippen LogP contribution in [0.5, 0.6) is 0 Å². The first kappa shape index (κ1) is 13.1. The molecule has 0 fully saturated rings. The average molecular weight is 263 g/mol. The van der Waals surface area contributed by atoms with E-state index >= 15 is 0 Å². The highest BCUT2D eigenvalue weighted by Gasteiger charge is 2.22. The van der Waals surface area contributed by atoms with Crippen molar-refractivity contribution in [1.29, 1.82) is 0 Å². The van der Waals surface area contributed by atoms with Crippen LogP contribution in [-0.4, -0.2) is 25.8 Å². The Morgan fingerprint density at radius 1 is 1.00 bits per heavy atom. The van der Waals surface area contributed by atoms with Crippen molar-refractivity contribution < 1.29 is 8.42 Å². The van der Waals surface area contributed by atoms with Gasteiger partial charge in [-0.05, 0) is 36.8 Å². The average Bonchev–Trinajstić information content (AvgIpc) is 2.37. The molecule has 4 heteroatoms. The summed E-state index contributed by atoms with van der Waals surface area (Å²) in [7, 11) is -1.79. The zero-order valence-corrected chi connectivity index (χ0v) is 11.6. The van der Waals surface area contributed by atoms with Gasteiger partial charge < -0.3 is 0 Å². The summed E-state index contributed by atoms with van der Waals surface area (Å²) in [6.07, 6.45) is 0. The molecule has 3 nitrogen and oxygen atoms in total. The lowest BCUT2D eigenvalue weighted by atomic mass is 10.1. The summed E-state index contributed by atoms with van der Waals surface area (Å²) < 4.78 is 26.1. The summed E-state index contributed by atoms with van der Waals surface area (Å²) >= 11 is 0. The predicted molar refractivity (Wildman–Crippen MR) is 74.0 cm³/mol. The summed E-state index contributed by atoms with van der Waals surface area (Å²) in [6.45, 7) is 3.72. The van der Waals surface area contributed by atoms with E-state index in [1.165, 1.54) is 4.31 Å². The van der Waals surface area contributed by atoms with Gasteiger partial charge in [-0.25, -0.2) is 8.42 Å². The highest BCUT2D eigenvalue weighted by atomic mass is 32.2. The minimum absolute atomic E-state index is 0.0542. The lowest BCUT2D eigenvalue weighted by Gasteiger charge is -2.21. The third kappa shape index (κ3) is 2.26. The van der Waals surface area contributed by atoms with Crippen LogP contribution in [0.2, 0.25) is 0 Å². The monoisotopic (exact) mass is 263 g/mol. The third-order valence-corrected chi connectivity index (χ3v) is 5.15. The maximum atomic E-state index is 12.3. The molecule has 2 aromatic rings. The molecule has 0 aliphatic heterocycles. The van der Waals surface area contributed by atoms with Crippen molar-refractivity contribution in [3.8, 4) is 0 Å². The molecule has 96 valence electrons. The lowest BCUT2D eigenvalue weighted by Crippen LogP contribution is -2.33. The van der Waals surface area contributed by atoms with Crippen molar-refractivity contribution in [3.63, 3.8) is 0 Å². The molecule has 0 saturated heterocycles. The lowest BCUT2D eigenvalue weighted by molar-refractivity contribution is 0.410. The predicted octanol–water partition coefficient (Wildman–Crippen LogP) is 2.87. The number of rotatable bonds is 3. The van der Waals surface area contributed by atoms with E-state index in [1.54, 1.807) is 19.2 Å². The van der Waals surface area contributed by atoms with E-state index in [0.29, 0.717) is 4.90 Å². The van der Waals surface area contributed by atoms with Crippen LogP contribution in [0.4, 0.5) is 0 Å². The molecule has 0 amide bonds. The Bertz CT molecular complexity index is 662. The van der Waals surface area contributed by atoms with Gasteiger partial charge in [-0.1, -0.05) is 30.3 Å². The molecule has 0 bridgehead atoms. The number of hydrogen-bond donors (Lipinski definition) is 0. The van der Waals surface area contributed by atoms with Gasteiger partial charge in [0.05, 0.1) is 4.90 Å². The van der Waals surface area contributed by atoms with Crippen LogP contribution in [0.25, 0.3) is 10.8 Å². The highest BCUT2D eigenvalue weighted by Crippen LogP contribution is 2.22. The molecule has 0 aromatic heterocycles. The van der Waals surface area contributed by atoms with Gasteiger partial charge in [-0.15, -0.1) is 0 Å². The summed E-state index contributed by atoms with van der Waals surface area (Å²) in [6, 6.07) is 12.9. The van der Waals surface area contributed by atoms with Crippen LogP contribution in [0.3, 0.4) is 0 Å². The van der Waals surface area contributed by atoms with E-state index in [-0.39, 0.29) is 6.04 Å². The Hall–Kier alpha value is -1.39. The van der Waals surface area contributed by atoms with Crippen molar-refractivity contribution in [2.75, 3.05) is 7.05 Å². The SMILES string of the molecule is CC(C)N(C)S(=O)(=O)c1ccc2ccccc2c1. The maximum Gasteiger partial charge on any atom is 0.243 e. The molecule has 0 atom stereocenters. The van der Waals surface area contributed by atoms with Crippen LogP contribution < -0.4 is 0 Å². The van der Waals surface area contributed by atoms with Gasteiger partial charge in [-0.2, -0.15) is 4.31 Å². The first-order chi connectivity index (χ1) is 8.43. The van der Waals surface area contributed by atoms with Gasteiger partial charge in [0.2, 0.25) is 10.0 Å². The van der Waals surface area contributed by atoms with Gasteiger partial charge in [0, 0.05) is 13.1 Å². The van der Waals surface area contributed by atoms with Crippen molar-refractivity contribution in [1.82, 2.24) is 4.31 Å². The fraction of sp³-hybridized carbons (Fsp3) is 0.286. The first-order valence-corrected chi connectivity index (χ1v) is 7.34. The normalized spacial score (nSPS) is 12.5. The fourth-order valence-electron chi connectivity index (χ4n) is 1.77. The molecule has 0 unspecified atom stereocenters.